The number of rotatable bonds is 8. The molecule has 0 unspecified atom stereocenters. The summed E-state index contributed by atoms with van der Waals surface area (Å²) in [7, 11) is 1.64. The van der Waals surface area contributed by atoms with Crippen LogP contribution in [0.25, 0.3) is 0 Å². The Labute approximate surface area is 129 Å². The van der Waals surface area contributed by atoms with E-state index in [0.29, 0.717) is 6.61 Å². The van der Waals surface area contributed by atoms with Crippen molar-refractivity contribution in [3.8, 4) is 11.5 Å². The Morgan fingerprint density at radius 2 is 2.05 bits per heavy atom. The maximum atomic E-state index is 9.34. The van der Waals surface area contributed by atoms with Crippen LogP contribution in [0.15, 0.2) is 24.3 Å². The molecule has 0 aliphatic carbocycles. The maximum Gasteiger partial charge on any atom is 0.123 e. The molecule has 114 valence electrons. The van der Waals surface area contributed by atoms with Crippen LogP contribution >= 0.6 is 11.3 Å². The van der Waals surface area contributed by atoms with Gasteiger partial charge in [0.05, 0.1) is 35.9 Å². The molecule has 0 fully saturated rings. The highest BCUT2D eigenvalue weighted by Crippen LogP contribution is 2.22. The van der Waals surface area contributed by atoms with Crippen LogP contribution in [0.1, 0.15) is 28.9 Å². The van der Waals surface area contributed by atoms with E-state index >= 15 is 0 Å². The molecule has 0 saturated carbocycles. The van der Waals surface area contributed by atoms with Gasteiger partial charge in [-0.25, -0.2) is 4.98 Å². The summed E-state index contributed by atoms with van der Waals surface area (Å²) in [6.07, 6.45) is 2.71. The molecule has 0 spiro atoms. The zero-order valence-corrected chi connectivity index (χ0v) is 13.3. The van der Waals surface area contributed by atoms with E-state index in [-0.39, 0.29) is 6.61 Å². The van der Waals surface area contributed by atoms with E-state index in [0.717, 1.165) is 46.3 Å². The van der Waals surface area contributed by atoms with Crippen molar-refractivity contribution in [2.75, 3.05) is 13.7 Å². The first-order chi connectivity index (χ1) is 10.3. The van der Waals surface area contributed by atoms with Crippen molar-refractivity contribution < 1.29 is 14.6 Å². The third-order valence-corrected chi connectivity index (χ3v) is 4.22. The second kappa shape index (κ2) is 8.00. The molecule has 0 aliphatic heterocycles. The van der Waals surface area contributed by atoms with Crippen LogP contribution in [-0.4, -0.2) is 23.8 Å². The predicted octanol–water partition coefficient (Wildman–Crippen LogP) is 3.22. The minimum atomic E-state index is 0.0732. The number of aliphatic hydroxyl groups excluding tert-OH is 1. The van der Waals surface area contributed by atoms with Gasteiger partial charge in [0, 0.05) is 12.5 Å². The van der Waals surface area contributed by atoms with Crippen LogP contribution in [0.3, 0.4) is 0 Å². The number of ether oxygens (including phenoxy) is 2. The van der Waals surface area contributed by atoms with Gasteiger partial charge in [-0.3, -0.25) is 0 Å². The molecule has 0 aliphatic rings. The number of benzene rings is 1. The average Bonchev–Trinajstić information content (AvgIpc) is 2.90. The van der Waals surface area contributed by atoms with Gasteiger partial charge in [-0.05, 0) is 18.6 Å². The van der Waals surface area contributed by atoms with E-state index < -0.39 is 0 Å². The first kappa shape index (κ1) is 15.8. The Morgan fingerprint density at radius 1 is 1.24 bits per heavy atom. The summed E-state index contributed by atoms with van der Waals surface area (Å²) in [4.78, 5) is 5.57. The Hall–Kier alpha value is -1.59. The Bertz CT molecular complexity index is 568. The number of aryl methyl sites for hydroxylation is 1. The molecular weight excluding hydrogens is 286 g/mol. The van der Waals surface area contributed by atoms with E-state index in [1.165, 1.54) is 0 Å². The predicted molar refractivity (Wildman–Crippen MR) is 84.2 cm³/mol. The molecule has 1 aromatic carbocycles. The zero-order valence-electron chi connectivity index (χ0n) is 12.5. The number of hydrogen-bond acceptors (Lipinski definition) is 5. The van der Waals surface area contributed by atoms with Crippen molar-refractivity contribution in [3.05, 3.63) is 39.8 Å². The zero-order chi connectivity index (χ0) is 15.1. The Morgan fingerprint density at radius 3 is 2.76 bits per heavy atom. The minimum absolute atomic E-state index is 0.0732. The summed E-state index contributed by atoms with van der Waals surface area (Å²) in [6.45, 7) is 2.76. The highest BCUT2D eigenvalue weighted by molar-refractivity contribution is 7.11. The molecule has 1 heterocycles. The summed E-state index contributed by atoms with van der Waals surface area (Å²) in [5.41, 5.74) is 1.03. The van der Waals surface area contributed by atoms with Gasteiger partial charge < -0.3 is 14.6 Å². The fraction of sp³-hybridized carbons (Fsp3) is 0.438. The smallest absolute Gasteiger partial charge is 0.123 e. The van der Waals surface area contributed by atoms with E-state index in [4.69, 9.17) is 9.47 Å². The van der Waals surface area contributed by atoms with Crippen LogP contribution in [0.5, 0.6) is 11.5 Å². The first-order valence-electron chi connectivity index (χ1n) is 7.12. The maximum absolute atomic E-state index is 9.34. The normalized spacial score (nSPS) is 10.6. The van der Waals surface area contributed by atoms with Gasteiger partial charge in [0.1, 0.15) is 11.5 Å². The van der Waals surface area contributed by atoms with E-state index in [2.05, 4.69) is 11.9 Å². The van der Waals surface area contributed by atoms with Crippen molar-refractivity contribution >= 4 is 11.3 Å². The van der Waals surface area contributed by atoms with E-state index in [9.17, 15) is 5.11 Å². The lowest BCUT2D eigenvalue weighted by Crippen LogP contribution is -2.01. The molecule has 5 heteroatoms. The molecule has 0 atom stereocenters. The average molecular weight is 307 g/mol. The number of thiazole rings is 1. The highest BCUT2D eigenvalue weighted by atomic mass is 32.1. The standard InChI is InChI=1S/C16H21NO3S/c1-3-5-14-15(11-18)21-16(17-14)8-9-20-13-7-4-6-12(10-13)19-2/h4,6-7,10,18H,3,5,8-9,11H2,1-2H3. The number of aliphatic hydroxyl groups is 1. The molecule has 0 saturated heterocycles. The topological polar surface area (TPSA) is 51.6 Å². The van der Waals surface area contributed by atoms with Gasteiger partial charge in [0.2, 0.25) is 0 Å². The van der Waals surface area contributed by atoms with Crippen LogP contribution in [-0.2, 0) is 19.4 Å². The van der Waals surface area contributed by atoms with Gasteiger partial charge in [-0.1, -0.05) is 19.4 Å². The monoisotopic (exact) mass is 307 g/mol. The SMILES string of the molecule is CCCc1nc(CCOc2cccc(OC)c2)sc1CO. The number of aromatic nitrogens is 1. The fourth-order valence-corrected chi connectivity index (χ4v) is 3.00. The van der Waals surface area contributed by atoms with Gasteiger partial charge in [0.15, 0.2) is 0 Å². The lowest BCUT2D eigenvalue weighted by Gasteiger charge is -2.06. The lowest BCUT2D eigenvalue weighted by atomic mass is 10.2. The van der Waals surface area contributed by atoms with Crippen molar-refractivity contribution in [1.29, 1.82) is 0 Å². The van der Waals surface area contributed by atoms with Crippen LogP contribution < -0.4 is 9.47 Å². The third kappa shape index (κ3) is 4.44. The number of methoxy groups -OCH3 is 1. The van der Waals surface area contributed by atoms with Crippen molar-refractivity contribution in [2.24, 2.45) is 0 Å². The van der Waals surface area contributed by atoms with Crippen molar-refractivity contribution in [3.63, 3.8) is 0 Å². The highest BCUT2D eigenvalue weighted by Gasteiger charge is 2.09. The van der Waals surface area contributed by atoms with Crippen molar-refractivity contribution in [2.45, 2.75) is 32.8 Å². The third-order valence-electron chi connectivity index (χ3n) is 3.08. The van der Waals surface area contributed by atoms with Gasteiger partial charge >= 0.3 is 0 Å². The minimum Gasteiger partial charge on any atom is -0.497 e. The van der Waals surface area contributed by atoms with Gasteiger partial charge in [-0.2, -0.15) is 0 Å². The van der Waals surface area contributed by atoms with Gasteiger partial charge in [0.25, 0.3) is 0 Å². The second-order valence-electron chi connectivity index (χ2n) is 4.66. The number of nitrogens with zero attached hydrogens (tertiary/aromatic N) is 1. The van der Waals surface area contributed by atoms with Crippen LogP contribution in [0.4, 0.5) is 0 Å². The Balaban J connectivity index is 1.90. The molecule has 2 aromatic rings. The largest absolute Gasteiger partial charge is 0.497 e. The summed E-state index contributed by atoms with van der Waals surface area (Å²) in [5.74, 6) is 1.58. The molecule has 0 amide bonds. The van der Waals surface area contributed by atoms with Crippen LogP contribution in [0.2, 0.25) is 0 Å². The van der Waals surface area contributed by atoms with Gasteiger partial charge in [-0.15, -0.1) is 11.3 Å². The summed E-state index contributed by atoms with van der Waals surface area (Å²) in [6, 6.07) is 7.56. The second-order valence-corrected chi connectivity index (χ2v) is 5.83. The fourth-order valence-electron chi connectivity index (χ4n) is 2.05. The first-order valence-corrected chi connectivity index (χ1v) is 7.93. The molecule has 0 bridgehead atoms. The molecule has 1 N–H and O–H groups in total. The summed E-state index contributed by atoms with van der Waals surface area (Å²) < 4.78 is 10.9. The summed E-state index contributed by atoms with van der Waals surface area (Å²) in [5, 5.41) is 10.4. The lowest BCUT2D eigenvalue weighted by molar-refractivity contribution is 0.284. The molecule has 4 nitrogen and oxygen atoms in total. The van der Waals surface area contributed by atoms with Crippen molar-refractivity contribution in [1.82, 2.24) is 4.98 Å². The molecular formula is C16H21NO3S. The number of hydrogen-bond donors (Lipinski definition) is 1. The molecule has 0 radical (unpaired) electrons. The summed E-state index contributed by atoms with van der Waals surface area (Å²) >= 11 is 1.58. The van der Waals surface area contributed by atoms with Crippen LogP contribution in [0, 0.1) is 0 Å². The van der Waals surface area contributed by atoms with E-state index in [1.807, 2.05) is 24.3 Å². The molecule has 21 heavy (non-hydrogen) atoms. The molecule has 2 rings (SSSR count). The Kier molecular flexibility index (Phi) is 6.02. The molecule has 1 aromatic heterocycles. The van der Waals surface area contributed by atoms with E-state index in [1.54, 1.807) is 18.4 Å². The quantitative estimate of drug-likeness (QED) is 0.813.